The first-order chi connectivity index (χ1) is 9.96. The summed E-state index contributed by atoms with van der Waals surface area (Å²) in [6.45, 7) is 6.37. The summed E-state index contributed by atoms with van der Waals surface area (Å²) in [5.41, 5.74) is 7.87. The molecule has 0 saturated carbocycles. The fraction of sp³-hybridized carbons (Fsp3) is 0.353. The van der Waals surface area contributed by atoms with Crippen molar-refractivity contribution in [3.63, 3.8) is 0 Å². The Labute approximate surface area is 125 Å². The van der Waals surface area contributed by atoms with E-state index in [2.05, 4.69) is 36.5 Å². The number of hydrogen-bond donors (Lipinski definition) is 2. The second-order valence-electron chi connectivity index (χ2n) is 5.64. The smallest absolute Gasteiger partial charge is 0.255 e. The van der Waals surface area contributed by atoms with Gasteiger partial charge in [-0.25, -0.2) is 0 Å². The molecular weight excluding hydrogens is 264 g/mol. The Morgan fingerprint density at radius 1 is 1.29 bits per heavy atom. The van der Waals surface area contributed by atoms with E-state index in [9.17, 15) is 4.79 Å². The van der Waals surface area contributed by atoms with Crippen molar-refractivity contribution in [2.75, 3.05) is 0 Å². The van der Waals surface area contributed by atoms with Crippen molar-refractivity contribution >= 4 is 5.91 Å². The van der Waals surface area contributed by atoms with E-state index in [0.717, 1.165) is 12.0 Å². The molecule has 0 bridgehead atoms. The second-order valence-corrected chi connectivity index (χ2v) is 5.64. The van der Waals surface area contributed by atoms with E-state index in [4.69, 9.17) is 10.2 Å². The van der Waals surface area contributed by atoms with E-state index in [0.29, 0.717) is 11.3 Å². The lowest BCUT2D eigenvalue weighted by Crippen LogP contribution is -2.40. The maximum absolute atomic E-state index is 12.3. The van der Waals surface area contributed by atoms with Gasteiger partial charge >= 0.3 is 0 Å². The summed E-state index contributed by atoms with van der Waals surface area (Å²) in [4.78, 5) is 12.3. The maximum Gasteiger partial charge on any atom is 0.255 e. The molecular formula is C17H22N2O2. The monoisotopic (exact) mass is 286 g/mol. The molecule has 2 rings (SSSR count). The molecule has 1 amide bonds. The topological polar surface area (TPSA) is 68.3 Å². The van der Waals surface area contributed by atoms with Gasteiger partial charge in [0.05, 0.1) is 17.6 Å². The summed E-state index contributed by atoms with van der Waals surface area (Å²) in [6, 6.07) is 9.96. The van der Waals surface area contributed by atoms with Crippen LogP contribution in [0.3, 0.4) is 0 Å². The van der Waals surface area contributed by atoms with E-state index < -0.39 is 5.54 Å². The molecule has 21 heavy (non-hydrogen) atoms. The number of furan rings is 1. The summed E-state index contributed by atoms with van der Waals surface area (Å²) in [7, 11) is 0. The molecule has 112 valence electrons. The second kappa shape index (κ2) is 6.14. The van der Waals surface area contributed by atoms with Crippen molar-refractivity contribution in [2.24, 2.45) is 5.73 Å². The summed E-state index contributed by atoms with van der Waals surface area (Å²) in [5.74, 6) is 0.438. The molecule has 0 aliphatic heterocycles. The van der Waals surface area contributed by atoms with Crippen LogP contribution in [0.5, 0.6) is 0 Å². The van der Waals surface area contributed by atoms with Crippen molar-refractivity contribution in [1.29, 1.82) is 0 Å². The average Bonchev–Trinajstić information content (AvgIpc) is 2.96. The van der Waals surface area contributed by atoms with Crippen LogP contribution in [-0.4, -0.2) is 5.91 Å². The van der Waals surface area contributed by atoms with Gasteiger partial charge in [-0.15, -0.1) is 0 Å². The van der Waals surface area contributed by atoms with Crippen LogP contribution in [-0.2, 0) is 18.5 Å². The number of carbonyl (C=O) groups excluding carboxylic acids is 1. The van der Waals surface area contributed by atoms with Crippen LogP contribution in [0.15, 0.2) is 41.0 Å². The summed E-state index contributed by atoms with van der Waals surface area (Å²) in [5, 5.41) is 3.02. The molecule has 0 saturated heterocycles. The number of benzene rings is 1. The fourth-order valence-corrected chi connectivity index (χ4v) is 2.19. The molecule has 4 heteroatoms. The lowest BCUT2D eigenvalue weighted by molar-refractivity contribution is 0.0911. The van der Waals surface area contributed by atoms with Crippen molar-refractivity contribution in [3.8, 4) is 0 Å². The minimum Gasteiger partial charge on any atom is -0.467 e. The highest BCUT2D eigenvalue weighted by Crippen LogP contribution is 2.21. The highest BCUT2D eigenvalue weighted by molar-refractivity contribution is 5.94. The zero-order chi connectivity index (χ0) is 15.5. The third-order valence-electron chi connectivity index (χ3n) is 3.63. The lowest BCUT2D eigenvalue weighted by atomic mass is 9.93. The van der Waals surface area contributed by atoms with Gasteiger partial charge in [0.1, 0.15) is 12.0 Å². The summed E-state index contributed by atoms with van der Waals surface area (Å²) < 4.78 is 5.20. The van der Waals surface area contributed by atoms with Crippen molar-refractivity contribution in [1.82, 2.24) is 5.32 Å². The number of carbonyl (C=O) groups is 1. The van der Waals surface area contributed by atoms with Gasteiger partial charge in [-0.1, -0.05) is 31.2 Å². The number of rotatable bonds is 5. The van der Waals surface area contributed by atoms with Crippen LogP contribution in [0.25, 0.3) is 0 Å². The first-order valence-corrected chi connectivity index (χ1v) is 7.15. The molecule has 0 atom stereocenters. The number of amides is 1. The van der Waals surface area contributed by atoms with E-state index in [1.165, 1.54) is 11.8 Å². The highest BCUT2D eigenvalue weighted by atomic mass is 16.3. The van der Waals surface area contributed by atoms with Gasteiger partial charge in [-0.3, -0.25) is 4.79 Å². The van der Waals surface area contributed by atoms with Crippen LogP contribution < -0.4 is 11.1 Å². The lowest BCUT2D eigenvalue weighted by Gasteiger charge is -2.27. The Hall–Kier alpha value is -2.07. The van der Waals surface area contributed by atoms with E-state index in [-0.39, 0.29) is 12.5 Å². The zero-order valence-electron chi connectivity index (χ0n) is 12.8. The molecule has 0 spiro atoms. The average molecular weight is 286 g/mol. The predicted molar refractivity (Wildman–Crippen MR) is 82.9 cm³/mol. The SMILES string of the molecule is CCc1ccc(C(C)(C)NC(=O)c2coc(CN)c2)cc1. The predicted octanol–water partition coefficient (Wildman–Crippen LogP) is 2.97. The molecule has 0 aliphatic carbocycles. The van der Waals surface area contributed by atoms with Crippen LogP contribution in [0.2, 0.25) is 0 Å². The molecule has 4 nitrogen and oxygen atoms in total. The first kappa shape index (κ1) is 15.3. The standard InChI is InChI=1S/C17H22N2O2/c1-4-12-5-7-14(8-6-12)17(2,3)19-16(20)13-9-15(10-18)21-11-13/h5-9,11H,4,10,18H2,1-3H3,(H,19,20). The summed E-state index contributed by atoms with van der Waals surface area (Å²) >= 11 is 0. The van der Waals surface area contributed by atoms with Gasteiger partial charge in [0.25, 0.3) is 5.91 Å². The third-order valence-corrected chi connectivity index (χ3v) is 3.63. The first-order valence-electron chi connectivity index (χ1n) is 7.15. The van der Waals surface area contributed by atoms with Gasteiger partial charge in [-0.2, -0.15) is 0 Å². The third kappa shape index (κ3) is 3.52. The normalized spacial score (nSPS) is 11.4. The molecule has 0 aliphatic rings. The van der Waals surface area contributed by atoms with Gasteiger partial charge in [-0.05, 0) is 37.5 Å². The van der Waals surface area contributed by atoms with E-state index >= 15 is 0 Å². The van der Waals surface area contributed by atoms with Crippen molar-refractivity contribution in [3.05, 3.63) is 59.0 Å². The summed E-state index contributed by atoms with van der Waals surface area (Å²) in [6.07, 6.45) is 2.44. The largest absolute Gasteiger partial charge is 0.467 e. The Morgan fingerprint density at radius 2 is 1.95 bits per heavy atom. The Balaban J connectivity index is 2.13. The van der Waals surface area contributed by atoms with E-state index in [1.807, 2.05) is 13.8 Å². The Bertz CT molecular complexity index is 612. The number of aryl methyl sites for hydroxylation is 1. The fourth-order valence-electron chi connectivity index (χ4n) is 2.19. The molecule has 0 fully saturated rings. The zero-order valence-corrected chi connectivity index (χ0v) is 12.8. The highest BCUT2D eigenvalue weighted by Gasteiger charge is 2.24. The molecule has 0 unspecified atom stereocenters. The molecule has 3 N–H and O–H groups in total. The Kier molecular flexibility index (Phi) is 4.48. The van der Waals surface area contributed by atoms with Crippen molar-refractivity contribution < 1.29 is 9.21 Å². The molecule has 1 aromatic heterocycles. The molecule has 0 radical (unpaired) electrons. The molecule has 1 aromatic carbocycles. The van der Waals surface area contributed by atoms with Gasteiger partial charge in [0, 0.05) is 0 Å². The number of nitrogens with one attached hydrogen (secondary N) is 1. The maximum atomic E-state index is 12.3. The van der Waals surface area contributed by atoms with Crippen LogP contribution in [0.1, 0.15) is 48.0 Å². The molecule has 2 aromatic rings. The van der Waals surface area contributed by atoms with Gasteiger partial charge in [0.2, 0.25) is 0 Å². The minimum absolute atomic E-state index is 0.164. The van der Waals surface area contributed by atoms with Crippen molar-refractivity contribution in [2.45, 2.75) is 39.3 Å². The number of nitrogens with two attached hydrogens (primary N) is 1. The quantitative estimate of drug-likeness (QED) is 0.888. The van der Waals surface area contributed by atoms with Crippen LogP contribution in [0.4, 0.5) is 0 Å². The Morgan fingerprint density at radius 3 is 2.48 bits per heavy atom. The number of hydrogen-bond acceptors (Lipinski definition) is 3. The molecule has 1 heterocycles. The van der Waals surface area contributed by atoms with Crippen LogP contribution >= 0.6 is 0 Å². The van der Waals surface area contributed by atoms with Crippen LogP contribution in [0, 0.1) is 0 Å². The van der Waals surface area contributed by atoms with Gasteiger partial charge < -0.3 is 15.5 Å². The minimum atomic E-state index is -0.455. The van der Waals surface area contributed by atoms with E-state index in [1.54, 1.807) is 6.07 Å². The van der Waals surface area contributed by atoms with Gasteiger partial charge in [0.15, 0.2) is 0 Å².